The van der Waals surface area contributed by atoms with Crippen molar-refractivity contribution in [2.45, 2.75) is 32.4 Å². The molecule has 1 aromatic rings. The van der Waals surface area contributed by atoms with E-state index in [1.807, 2.05) is 6.92 Å². The molecule has 0 spiro atoms. The molecule has 1 aliphatic rings. The first-order valence-electron chi connectivity index (χ1n) is 5.36. The molecule has 1 aromatic heterocycles. The summed E-state index contributed by atoms with van der Waals surface area (Å²) in [4.78, 5) is 0. The highest BCUT2D eigenvalue weighted by molar-refractivity contribution is 4.87. The zero-order valence-electron chi connectivity index (χ0n) is 8.96. The third-order valence-corrected chi connectivity index (χ3v) is 2.65. The van der Waals surface area contributed by atoms with Crippen molar-refractivity contribution in [1.82, 2.24) is 20.2 Å². The van der Waals surface area contributed by atoms with E-state index in [2.05, 4.69) is 15.5 Å². The lowest BCUT2D eigenvalue weighted by molar-refractivity contribution is 0.0463. The van der Waals surface area contributed by atoms with Gasteiger partial charge in [-0.15, -0.1) is 5.10 Å². The van der Waals surface area contributed by atoms with Crippen LogP contribution in [0.4, 0.5) is 0 Å². The van der Waals surface area contributed by atoms with Gasteiger partial charge in [0.15, 0.2) is 5.82 Å². The number of hydrogen-bond acceptors (Lipinski definition) is 5. The van der Waals surface area contributed by atoms with Gasteiger partial charge in [0.05, 0.1) is 12.6 Å². The molecule has 0 aliphatic carbocycles. The van der Waals surface area contributed by atoms with Crippen LogP contribution in [0.15, 0.2) is 0 Å². The van der Waals surface area contributed by atoms with Crippen molar-refractivity contribution < 1.29 is 4.74 Å². The minimum atomic E-state index is -0.121. The lowest BCUT2D eigenvalue weighted by Gasteiger charge is -2.22. The Hall–Kier alpha value is -1.01. The minimum absolute atomic E-state index is 0.121. The maximum atomic E-state index is 5.77. The van der Waals surface area contributed by atoms with Crippen LogP contribution in [0, 0.1) is 5.92 Å². The second-order valence-corrected chi connectivity index (χ2v) is 4.09. The van der Waals surface area contributed by atoms with Gasteiger partial charge in [0.25, 0.3) is 0 Å². The number of rotatable bonds is 3. The van der Waals surface area contributed by atoms with E-state index >= 15 is 0 Å². The van der Waals surface area contributed by atoms with Crippen LogP contribution in [-0.4, -0.2) is 33.4 Å². The second kappa shape index (κ2) is 4.67. The molecule has 0 aromatic carbocycles. The standard InChI is InChI=1S/C9H17N5O/c1-7(10)9-11-12-13-14(9)5-8-3-2-4-15-6-8/h7-8H,2-6,10H2,1H3. The van der Waals surface area contributed by atoms with Gasteiger partial charge in [0, 0.05) is 19.1 Å². The zero-order valence-corrected chi connectivity index (χ0v) is 8.96. The van der Waals surface area contributed by atoms with Gasteiger partial charge in [-0.25, -0.2) is 4.68 Å². The topological polar surface area (TPSA) is 78.9 Å². The quantitative estimate of drug-likeness (QED) is 0.768. The molecular formula is C9H17N5O. The van der Waals surface area contributed by atoms with E-state index in [4.69, 9.17) is 10.5 Å². The summed E-state index contributed by atoms with van der Waals surface area (Å²) >= 11 is 0. The summed E-state index contributed by atoms with van der Waals surface area (Å²) in [5.41, 5.74) is 5.77. The molecule has 2 atom stereocenters. The highest BCUT2D eigenvalue weighted by atomic mass is 16.5. The van der Waals surface area contributed by atoms with Crippen molar-refractivity contribution in [3.05, 3.63) is 5.82 Å². The van der Waals surface area contributed by atoms with Crippen LogP contribution in [0.1, 0.15) is 31.6 Å². The Kier molecular flexibility index (Phi) is 3.27. The Balaban J connectivity index is 1.99. The van der Waals surface area contributed by atoms with E-state index in [0.717, 1.165) is 32.0 Å². The Morgan fingerprint density at radius 3 is 3.20 bits per heavy atom. The molecule has 1 fully saturated rings. The molecule has 15 heavy (non-hydrogen) atoms. The number of aromatic nitrogens is 4. The summed E-state index contributed by atoms with van der Waals surface area (Å²) < 4.78 is 7.21. The van der Waals surface area contributed by atoms with E-state index in [0.29, 0.717) is 5.92 Å². The molecule has 2 N–H and O–H groups in total. The predicted molar refractivity (Wildman–Crippen MR) is 54.0 cm³/mol. The normalized spacial score (nSPS) is 24.0. The molecule has 6 heteroatoms. The first-order valence-corrected chi connectivity index (χ1v) is 5.36. The molecular weight excluding hydrogens is 194 g/mol. The maximum absolute atomic E-state index is 5.77. The van der Waals surface area contributed by atoms with Gasteiger partial charge in [-0.05, 0) is 30.2 Å². The number of tetrazole rings is 1. The molecule has 0 radical (unpaired) electrons. The van der Waals surface area contributed by atoms with E-state index in [1.54, 1.807) is 4.68 Å². The average molecular weight is 211 g/mol. The molecule has 2 rings (SSSR count). The third-order valence-electron chi connectivity index (χ3n) is 2.65. The number of nitrogens with zero attached hydrogens (tertiary/aromatic N) is 4. The second-order valence-electron chi connectivity index (χ2n) is 4.09. The molecule has 0 amide bonds. The first kappa shape index (κ1) is 10.5. The molecule has 84 valence electrons. The van der Waals surface area contributed by atoms with E-state index < -0.39 is 0 Å². The van der Waals surface area contributed by atoms with Crippen LogP contribution in [0.2, 0.25) is 0 Å². The predicted octanol–water partition coefficient (Wildman–Crippen LogP) is 0.119. The van der Waals surface area contributed by atoms with Crippen molar-refractivity contribution in [2.24, 2.45) is 11.7 Å². The Bertz CT molecular complexity index is 305. The van der Waals surface area contributed by atoms with Crippen molar-refractivity contribution in [2.75, 3.05) is 13.2 Å². The number of nitrogens with two attached hydrogens (primary N) is 1. The van der Waals surface area contributed by atoms with Crippen molar-refractivity contribution in [1.29, 1.82) is 0 Å². The zero-order chi connectivity index (χ0) is 10.7. The highest BCUT2D eigenvalue weighted by Crippen LogP contribution is 2.16. The van der Waals surface area contributed by atoms with Gasteiger partial charge in [-0.2, -0.15) is 0 Å². The fourth-order valence-corrected chi connectivity index (χ4v) is 1.86. The third kappa shape index (κ3) is 2.51. The van der Waals surface area contributed by atoms with Crippen LogP contribution in [0.25, 0.3) is 0 Å². The van der Waals surface area contributed by atoms with Crippen molar-refractivity contribution in [3.63, 3.8) is 0 Å². The summed E-state index contributed by atoms with van der Waals surface area (Å²) in [7, 11) is 0. The lowest BCUT2D eigenvalue weighted by Crippen LogP contribution is -2.25. The number of hydrogen-bond donors (Lipinski definition) is 1. The largest absolute Gasteiger partial charge is 0.381 e. The highest BCUT2D eigenvalue weighted by Gasteiger charge is 2.18. The Morgan fingerprint density at radius 1 is 1.67 bits per heavy atom. The summed E-state index contributed by atoms with van der Waals surface area (Å²) in [6, 6.07) is -0.121. The van der Waals surface area contributed by atoms with Crippen LogP contribution in [-0.2, 0) is 11.3 Å². The summed E-state index contributed by atoms with van der Waals surface area (Å²) in [5, 5.41) is 11.5. The molecule has 0 saturated carbocycles. The smallest absolute Gasteiger partial charge is 0.167 e. The number of ether oxygens (including phenoxy) is 1. The Morgan fingerprint density at radius 2 is 2.53 bits per heavy atom. The monoisotopic (exact) mass is 211 g/mol. The maximum Gasteiger partial charge on any atom is 0.167 e. The van der Waals surface area contributed by atoms with E-state index in [1.165, 1.54) is 6.42 Å². The Labute approximate surface area is 88.8 Å². The van der Waals surface area contributed by atoms with Crippen LogP contribution < -0.4 is 5.73 Å². The lowest BCUT2D eigenvalue weighted by atomic mass is 10.0. The molecule has 6 nitrogen and oxygen atoms in total. The van der Waals surface area contributed by atoms with Crippen LogP contribution in [0.5, 0.6) is 0 Å². The van der Waals surface area contributed by atoms with Gasteiger partial charge in [0.1, 0.15) is 0 Å². The first-order chi connectivity index (χ1) is 7.27. The fourth-order valence-electron chi connectivity index (χ4n) is 1.86. The summed E-state index contributed by atoms with van der Waals surface area (Å²) in [5.74, 6) is 1.26. The summed E-state index contributed by atoms with van der Waals surface area (Å²) in [6.45, 7) is 4.38. The fraction of sp³-hybridized carbons (Fsp3) is 0.889. The van der Waals surface area contributed by atoms with Crippen molar-refractivity contribution >= 4 is 0 Å². The van der Waals surface area contributed by atoms with Gasteiger partial charge >= 0.3 is 0 Å². The van der Waals surface area contributed by atoms with Gasteiger partial charge in [-0.3, -0.25) is 0 Å². The van der Waals surface area contributed by atoms with Crippen molar-refractivity contribution in [3.8, 4) is 0 Å². The van der Waals surface area contributed by atoms with Gasteiger partial charge < -0.3 is 10.5 Å². The van der Waals surface area contributed by atoms with Crippen LogP contribution >= 0.6 is 0 Å². The molecule has 2 heterocycles. The van der Waals surface area contributed by atoms with Crippen LogP contribution in [0.3, 0.4) is 0 Å². The molecule has 1 saturated heterocycles. The van der Waals surface area contributed by atoms with E-state index in [9.17, 15) is 0 Å². The SMILES string of the molecule is CC(N)c1nnnn1CC1CCCOC1. The molecule has 0 bridgehead atoms. The average Bonchev–Trinajstić information content (AvgIpc) is 2.67. The summed E-state index contributed by atoms with van der Waals surface area (Å²) in [6.07, 6.45) is 2.30. The van der Waals surface area contributed by atoms with Gasteiger partial charge in [0.2, 0.25) is 0 Å². The van der Waals surface area contributed by atoms with E-state index in [-0.39, 0.29) is 6.04 Å². The minimum Gasteiger partial charge on any atom is -0.381 e. The molecule has 1 aliphatic heterocycles. The van der Waals surface area contributed by atoms with Gasteiger partial charge in [-0.1, -0.05) is 0 Å². The molecule has 2 unspecified atom stereocenters.